The van der Waals surface area contributed by atoms with Crippen LogP contribution < -0.4 is 10.6 Å². The van der Waals surface area contributed by atoms with Gasteiger partial charge in [-0.3, -0.25) is 14.5 Å². The Balaban J connectivity index is 1.49. The van der Waals surface area contributed by atoms with Gasteiger partial charge >= 0.3 is 6.03 Å². The van der Waals surface area contributed by atoms with Gasteiger partial charge in [-0.25, -0.2) is 13.2 Å². The Hall–Kier alpha value is -2.99. The lowest BCUT2D eigenvalue weighted by molar-refractivity contribution is -0.133. The lowest BCUT2D eigenvalue weighted by Gasteiger charge is -2.27. The lowest BCUT2D eigenvalue weighted by atomic mass is 9.92. The van der Waals surface area contributed by atoms with E-state index in [0.29, 0.717) is 29.4 Å². The highest BCUT2D eigenvalue weighted by Crippen LogP contribution is 2.30. The monoisotopic (exact) mass is 520 g/mol. The Morgan fingerprint density at radius 3 is 2.46 bits per heavy atom. The number of anilines is 1. The molecule has 0 unspecified atom stereocenters. The van der Waals surface area contributed by atoms with E-state index in [1.165, 1.54) is 10.4 Å². The maximum absolute atomic E-state index is 13.1. The van der Waals surface area contributed by atoms with Gasteiger partial charge in [0.2, 0.25) is 15.9 Å². The largest absolute Gasteiger partial charge is 0.379 e. The van der Waals surface area contributed by atoms with E-state index < -0.39 is 40.0 Å². The molecule has 0 radical (unpaired) electrons. The summed E-state index contributed by atoms with van der Waals surface area (Å²) in [6.45, 7) is 3.81. The van der Waals surface area contributed by atoms with Crippen LogP contribution in [0.25, 0.3) is 0 Å². The second-order valence-electron chi connectivity index (χ2n) is 8.50. The number of hydrogen-bond acceptors (Lipinski definition) is 6. The normalized spacial score (nSPS) is 21.2. The molecule has 0 aliphatic carbocycles. The highest BCUT2D eigenvalue weighted by Gasteiger charge is 2.49. The van der Waals surface area contributed by atoms with E-state index in [-0.39, 0.29) is 23.7 Å². The molecule has 2 aliphatic heterocycles. The van der Waals surface area contributed by atoms with Crippen molar-refractivity contribution in [1.82, 2.24) is 14.5 Å². The molecule has 12 heteroatoms. The van der Waals surface area contributed by atoms with Gasteiger partial charge in [0.1, 0.15) is 12.1 Å². The summed E-state index contributed by atoms with van der Waals surface area (Å²) in [5, 5.41) is 5.70. The third-order valence-electron chi connectivity index (χ3n) is 6.06. The Kier molecular flexibility index (Phi) is 6.87. The number of sulfonamides is 1. The third kappa shape index (κ3) is 4.90. The second-order valence-corrected chi connectivity index (χ2v) is 10.8. The van der Waals surface area contributed by atoms with Gasteiger partial charge in [0, 0.05) is 23.8 Å². The Labute approximate surface area is 208 Å². The van der Waals surface area contributed by atoms with Crippen molar-refractivity contribution < 1.29 is 27.5 Å². The molecule has 4 amide bonds. The number of aryl methyl sites for hydroxylation is 1. The summed E-state index contributed by atoms with van der Waals surface area (Å²) < 4.78 is 32.7. The summed E-state index contributed by atoms with van der Waals surface area (Å²) >= 11 is 5.91. The number of imide groups is 1. The molecule has 10 nitrogen and oxygen atoms in total. The topological polar surface area (TPSA) is 125 Å². The van der Waals surface area contributed by atoms with Crippen LogP contribution in [-0.4, -0.2) is 68.3 Å². The van der Waals surface area contributed by atoms with Crippen molar-refractivity contribution in [2.24, 2.45) is 0 Å². The van der Waals surface area contributed by atoms with E-state index in [0.717, 1.165) is 4.90 Å². The number of amides is 4. The Morgan fingerprint density at radius 1 is 1.14 bits per heavy atom. The summed E-state index contributed by atoms with van der Waals surface area (Å²) in [6, 6.07) is 10.3. The molecular formula is C23H25ClN4O6S. The Morgan fingerprint density at radius 2 is 1.80 bits per heavy atom. The van der Waals surface area contributed by atoms with Gasteiger partial charge in [0.25, 0.3) is 5.91 Å². The molecule has 186 valence electrons. The fraction of sp³-hybridized carbons (Fsp3) is 0.348. The van der Waals surface area contributed by atoms with Crippen LogP contribution in [-0.2, 0) is 29.9 Å². The molecule has 2 aromatic rings. The summed E-state index contributed by atoms with van der Waals surface area (Å²) in [4.78, 5) is 39.2. The van der Waals surface area contributed by atoms with Gasteiger partial charge in [-0.05, 0) is 49.2 Å². The van der Waals surface area contributed by atoms with Crippen LogP contribution in [0, 0.1) is 6.92 Å². The molecule has 1 atom stereocenters. The number of carbonyl (C=O) groups is 3. The minimum Gasteiger partial charge on any atom is -0.379 e. The molecule has 2 saturated heterocycles. The average molecular weight is 521 g/mol. The van der Waals surface area contributed by atoms with Crippen LogP contribution in [0.5, 0.6) is 0 Å². The summed E-state index contributed by atoms with van der Waals surface area (Å²) in [7, 11) is -3.78. The van der Waals surface area contributed by atoms with Crippen molar-refractivity contribution >= 4 is 45.2 Å². The zero-order chi connectivity index (χ0) is 25.4. The summed E-state index contributed by atoms with van der Waals surface area (Å²) in [6.07, 6.45) is 0. The maximum Gasteiger partial charge on any atom is 0.325 e. The van der Waals surface area contributed by atoms with Gasteiger partial charge in [0.15, 0.2) is 0 Å². The highest BCUT2D eigenvalue weighted by molar-refractivity contribution is 7.89. The number of benzene rings is 2. The standard InChI is InChI=1S/C23H25ClN4O6S/c1-15-3-8-18(13-19(15)35(32,33)27-9-11-34-12-10-27)25-20(29)14-28-21(30)23(2,26-22(28)31)16-4-6-17(24)7-5-16/h3-8,13H,9-12,14H2,1-2H3,(H,25,29)(H,26,31)/t23-/m0/s1. The molecule has 2 aliphatic rings. The van der Waals surface area contributed by atoms with Crippen molar-refractivity contribution in [1.29, 1.82) is 0 Å². The molecule has 0 spiro atoms. The number of morpholine rings is 1. The number of carbonyl (C=O) groups excluding carboxylic acids is 3. The molecule has 35 heavy (non-hydrogen) atoms. The SMILES string of the molecule is Cc1ccc(NC(=O)CN2C(=O)N[C@@](C)(c3ccc(Cl)cc3)C2=O)cc1S(=O)(=O)N1CCOCC1. The van der Waals surface area contributed by atoms with Gasteiger partial charge in [-0.15, -0.1) is 0 Å². The predicted octanol–water partition coefficient (Wildman–Crippen LogP) is 2.08. The number of urea groups is 1. The molecule has 2 N–H and O–H groups in total. The van der Waals surface area contributed by atoms with Gasteiger partial charge in [-0.2, -0.15) is 4.31 Å². The highest BCUT2D eigenvalue weighted by atomic mass is 35.5. The van der Waals surface area contributed by atoms with Crippen molar-refractivity contribution in [3.8, 4) is 0 Å². The van der Waals surface area contributed by atoms with Crippen LogP contribution >= 0.6 is 11.6 Å². The quantitative estimate of drug-likeness (QED) is 0.562. The smallest absolute Gasteiger partial charge is 0.325 e. The van der Waals surface area contributed by atoms with Crippen LogP contribution in [0.1, 0.15) is 18.1 Å². The lowest BCUT2D eigenvalue weighted by Crippen LogP contribution is -2.42. The van der Waals surface area contributed by atoms with Gasteiger partial charge < -0.3 is 15.4 Å². The number of ether oxygens (including phenoxy) is 1. The third-order valence-corrected chi connectivity index (χ3v) is 8.35. The molecule has 0 bridgehead atoms. The first-order valence-corrected chi connectivity index (χ1v) is 12.7. The molecule has 2 heterocycles. The first kappa shape index (κ1) is 25.1. The molecule has 0 saturated carbocycles. The van der Waals surface area contributed by atoms with E-state index in [9.17, 15) is 22.8 Å². The Bertz CT molecular complexity index is 1280. The zero-order valence-electron chi connectivity index (χ0n) is 19.2. The van der Waals surface area contributed by atoms with E-state index in [4.69, 9.17) is 16.3 Å². The van der Waals surface area contributed by atoms with Crippen molar-refractivity contribution in [2.45, 2.75) is 24.3 Å². The predicted molar refractivity (Wildman–Crippen MR) is 128 cm³/mol. The van der Waals surface area contributed by atoms with Crippen molar-refractivity contribution in [3.63, 3.8) is 0 Å². The number of halogens is 1. The fourth-order valence-corrected chi connectivity index (χ4v) is 5.83. The molecular weight excluding hydrogens is 496 g/mol. The molecule has 4 rings (SSSR count). The first-order chi connectivity index (χ1) is 16.5. The number of nitrogens with one attached hydrogen (secondary N) is 2. The minimum absolute atomic E-state index is 0.0718. The van der Waals surface area contributed by atoms with Gasteiger partial charge in [-0.1, -0.05) is 29.8 Å². The van der Waals surface area contributed by atoms with Crippen LogP contribution in [0.3, 0.4) is 0 Å². The molecule has 0 aromatic heterocycles. The van der Waals surface area contributed by atoms with Gasteiger partial charge in [0.05, 0.1) is 18.1 Å². The average Bonchev–Trinajstić information content (AvgIpc) is 3.05. The maximum atomic E-state index is 13.1. The van der Waals surface area contributed by atoms with E-state index in [1.54, 1.807) is 50.2 Å². The van der Waals surface area contributed by atoms with E-state index in [1.807, 2.05) is 0 Å². The minimum atomic E-state index is -3.78. The van der Waals surface area contributed by atoms with E-state index in [2.05, 4.69) is 10.6 Å². The van der Waals surface area contributed by atoms with Crippen molar-refractivity contribution in [3.05, 3.63) is 58.6 Å². The number of hydrogen-bond donors (Lipinski definition) is 2. The molecule has 2 aromatic carbocycles. The summed E-state index contributed by atoms with van der Waals surface area (Å²) in [5.74, 6) is -1.23. The molecule has 2 fully saturated rings. The second kappa shape index (κ2) is 9.57. The first-order valence-electron chi connectivity index (χ1n) is 10.9. The van der Waals surface area contributed by atoms with Crippen LogP contribution in [0.4, 0.5) is 10.5 Å². The van der Waals surface area contributed by atoms with E-state index >= 15 is 0 Å². The number of rotatable bonds is 6. The zero-order valence-corrected chi connectivity index (χ0v) is 20.8. The van der Waals surface area contributed by atoms with Crippen molar-refractivity contribution in [2.75, 3.05) is 38.2 Å². The number of nitrogens with zero attached hydrogens (tertiary/aromatic N) is 2. The fourth-order valence-electron chi connectivity index (χ4n) is 4.05. The van der Waals surface area contributed by atoms with Crippen LogP contribution in [0.15, 0.2) is 47.4 Å². The summed E-state index contributed by atoms with van der Waals surface area (Å²) in [5.41, 5.74) is -0.0486. The van der Waals surface area contributed by atoms with Crippen LogP contribution in [0.2, 0.25) is 5.02 Å².